The Hall–Kier alpha value is -0.670. The highest BCUT2D eigenvalue weighted by atomic mass is 32.1. The lowest BCUT2D eigenvalue weighted by Gasteiger charge is -2.07. The molecule has 0 aliphatic carbocycles. The SMILES string of the molecule is CCCC(N)C(=O)c1ccsc1C. The van der Waals surface area contributed by atoms with Crippen molar-refractivity contribution in [2.24, 2.45) is 5.73 Å². The summed E-state index contributed by atoms with van der Waals surface area (Å²) in [6, 6.07) is 1.54. The van der Waals surface area contributed by atoms with Crippen molar-refractivity contribution in [3.05, 3.63) is 21.9 Å². The van der Waals surface area contributed by atoms with E-state index in [1.165, 1.54) is 0 Å². The summed E-state index contributed by atoms with van der Waals surface area (Å²) in [4.78, 5) is 12.8. The van der Waals surface area contributed by atoms with Gasteiger partial charge < -0.3 is 5.73 Å². The van der Waals surface area contributed by atoms with Crippen LogP contribution in [-0.2, 0) is 0 Å². The van der Waals surface area contributed by atoms with E-state index in [1.54, 1.807) is 11.3 Å². The Labute approximate surface area is 82.8 Å². The maximum atomic E-state index is 11.7. The van der Waals surface area contributed by atoms with Gasteiger partial charge in [0.05, 0.1) is 6.04 Å². The molecular formula is C10H15NOS. The molecule has 0 spiro atoms. The van der Waals surface area contributed by atoms with Crippen LogP contribution in [-0.4, -0.2) is 11.8 Å². The molecule has 0 fully saturated rings. The predicted molar refractivity (Wildman–Crippen MR) is 56.3 cm³/mol. The number of nitrogens with two attached hydrogens (primary N) is 1. The first-order valence-corrected chi connectivity index (χ1v) is 5.38. The number of hydrogen-bond donors (Lipinski definition) is 1. The highest BCUT2D eigenvalue weighted by molar-refractivity contribution is 7.10. The molecule has 0 bridgehead atoms. The maximum Gasteiger partial charge on any atom is 0.180 e. The van der Waals surface area contributed by atoms with E-state index in [0.717, 1.165) is 23.3 Å². The number of hydrogen-bond acceptors (Lipinski definition) is 3. The number of aryl methyl sites for hydroxylation is 1. The fraction of sp³-hybridized carbons (Fsp3) is 0.500. The number of ketones is 1. The molecule has 0 saturated carbocycles. The van der Waals surface area contributed by atoms with Gasteiger partial charge in [0.25, 0.3) is 0 Å². The van der Waals surface area contributed by atoms with Crippen LogP contribution in [0, 0.1) is 6.92 Å². The standard InChI is InChI=1S/C10H15NOS/c1-3-4-9(11)10(12)8-5-6-13-7(8)2/h5-6,9H,3-4,11H2,1-2H3. The Kier molecular flexibility index (Phi) is 3.63. The lowest BCUT2D eigenvalue weighted by molar-refractivity contribution is 0.0957. The van der Waals surface area contributed by atoms with Crippen LogP contribution in [0.15, 0.2) is 11.4 Å². The van der Waals surface area contributed by atoms with Gasteiger partial charge in [0.15, 0.2) is 5.78 Å². The summed E-state index contributed by atoms with van der Waals surface area (Å²) >= 11 is 1.59. The van der Waals surface area contributed by atoms with Crippen LogP contribution in [0.3, 0.4) is 0 Å². The fourth-order valence-corrected chi connectivity index (χ4v) is 1.99. The number of thiophene rings is 1. The molecule has 0 aromatic carbocycles. The molecule has 72 valence electrons. The summed E-state index contributed by atoms with van der Waals surface area (Å²) in [5.41, 5.74) is 6.54. The van der Waals surface area contributed by atoms with Crippen molar-refractivity contribution in [3.8, 4) is 0 Å². The second kappa shape index (κ2) is 4.53. The van der Waals surface area contributed by atoms with Crippen molar-refractivity contribution in [1.29, 1.82) is 0 Å². The number of Topliss-reactive ketones (excluding diaryl/α,β-unsaturated/α-hetero) is 1. The number of rotatable bonds is 4. The van der Waals surface area contributed by atoms with Crippen LogP contribution < -0.4 is 5.73 Å². The second-order valence-electron chi connectivity index (χ2n) is 3.15. The zero-order chi connectivity index (χ0) is 9.84. The van der Waals surface area contributed by atoms with Crippen LogP contribution in [0.2, 0.25) is 0 Å². The Morgan fingerprint density at radius 3 is 2.85 bits per heavy atom. The Balaban J connectivity index is 2.73. The molecule has 1 heterocycles. The van der Waals surface area contributed by atoms with Gasteiger partial charge in [-0.05, 0) is 24.8 Å². The molecular weight excluding hydrogens is 182 g/mol. The van der Waals surface area contributed by atoms with E-state index in [4.69, 9.17) is 5.73 Å². The monoisotopic (exact) mass is 197 g/mol. The van der Waals surface area contributed by atoms with Gasteiger partial charge in [0.1, 0.15) is 0 Å². The molecule has 3 heteroatoms. The Bertz CT molecular complexity index is 293. The zero-order valence-corrected chi connectivity index (χ0v) is 8.86. The summed E-state index contributed by atoms with van der Waals surface area (Å²) in [5, 5.41) is 1.93. The summed E-state index contributed by atoms with van der Waals surface area (Å²) in [5.74, 6) is 0.0839. The lowest BCUT2D eigenvalue weighted by Crippen LogP contribution is -2.30. The summed E-state index contributed by atoms with van der Waals surface area (Å²) < 4.78 is 0. The van der Waals surface area contributed by atoms with Crippen molar-refractivity contribution in [3.63, 3.8) is 0 Å². The molecule has 0 aliphatic heterocycles. The van der Waals surface area contributed by atoms with Crippen molar-refractivity contribution in [2.45, 2.75) is 32.7 Å². The molecule has 1 aromatic rings. The summed E-state index contributed by atoms with van der Waals surface area (Å²) in [6.07, 6.45) is 1.73. The van der Waals surface area contributed by atoms with E-state index in [0.29, 0.717) is 0 Å². The Morgan fingerprint density at radius 1 is 1.69 bits per heavy atom. The van der Waals surface area contributed by atoms with Gasteiger partial charge in [0.2, 0.25) is 0 Å². The fourth-order valence-electron chi connectivity index (χ4n) is 1.28. The minimum absolute atomic E-state index is 0.0839. The van der Waals surface area contributed by atoms with E-state index in [2.05, 4.69) is 0 Å². The van der Waals surface area contributed by atoms with Crippen molar-refractivity contribution in [1.82, 2.24) is 0 Å². The molecule has 1 atom stereocenters. The molecule has 2 nitrogen and oxygen atoms in total. The third-order valence-corrected chi connectivity index (χ3v) is 2.91. The Morgan fingerprint density at radius 2 is 2.38 bits per heavy atom. The van der Waals surface area contributed by atoms with E-state index < -0.39 is 0 Å². The first kappa shape index (κ1) is 10.4. The van der Waals surface area contributed by atoms with Gasteiger partial charge in [-0.15, -0.1) is 11.3 Å². The topological polar surface area (TPSA) is 43.1 Å². The van der Waals surface area contributed by atoms with Gasteiger partial charge in [-0.25, -0.2) is 0 Å². The van der Waals surface area contributed by atoms with Crippen LogP contribution in [0.25, 0.3) is 0 Å². The normalized spacial score (nSPS) is 12.8. The van der Waals surface area contributed by atoms with Crippen LogP contribution in [0.1, 0.15) is 35.0 Å². The zero-order valence-electron chi connectivity index (χ0n) is 8.04. The first-order chi connectivity index (χ1) is 6.16. The maximum absolute atomic E-state index is 11.7. The van der Waals surface area contributed by atoms with Crippen LogP contribution in [0.4, 0.5) is 0 Å². The van der Waals surface area contributed by atoms with Gasteiger partial charge in [-0.1, -0.05) is 13.3 Å². The molecule has 0 saturated heterocycles. The third-order valence-electron chi connectivity index (χ3n) is 2.06. The molecule has 1 aromatic heterocycles. The molecule has 1 rings (SSSR count). The van der Waals surface area contributed by atoms with Crippen molar-refractivity contribution >= 4 is 17.1 Å². The molecule has 2 N–H and O–H groups in total. The van der Waals surface area contributed by atoms with Gasteiger partial charge in [-0.3, -0.25) is 4.79 Å². The first-order valence-electron chi connectivity index (χ1n) is 4.50. The molecule has 0 amide bonds. The van der Waals surface area contributed by atoms with E-state index in [1.807, 2.05) is 25.3 Å². The van der Waals surface area contributed by atoms with Crippen molar-refractivity contribution in [2.75, 3.05) is 0 Å². The minimum atomic E-state index is -0.321. The average Bonchev–Trinajstić information content (AvgIpc) is 2.50. The van der Waals surface area contributed by atoms with Gasteiger partial charge in [0, 0.05) is 10.4 Å². The quantitative estimate of drug-likeness (QED) is 0.753. The highest BCUT2D eigenvalue weighted by Gasteiger charge is 2.16. The van der Waals surface area contributed by atoms with Crippen LogP contribution >= 0.6 is 11.3 Å². The second-order valence-corrected chi connectivity index (χ2v) is 4.27. The lowest BCUT2D eigenvalue weighted by atomic mass is 10.0. The average molecular weight is 197 g/mol. The van der Waals surface area contributed by atoms with Gasteiger partial charge in [-0.2, -0.15) is 0 Å². The third kappa shape index (κ3) is 2.39. The summed E-state index contributed by atoms with van der Waals surface area (Å²) in [6.45, 7) is 3.99. The minimum Gasteiger partial charge on any atom is -0.321 e. The molecule has 13 heavy (non-hydrogen) atoms. The number of carbonyl (C=O) groups excluding carboxylic acids is 1. The molecule has 0 radical (unpaired) electrons. The largest absolute Gasteiger partial charge is 0.321 e. The van der Waals surface area contributed by atoms with E-state index in [9.17, 15) is 4.79 Å². The van der Waals surface area contributed by atoms with E-state index in [-0.39, 0.29) is 11.8 Å². The molecule has 0 aliphatic rings. The summed E-state index contributed by atoms with van der Waals surface area (Å²) in [7, 11) is 0. The smallest absolute Gasteiger partial charge is 0.180 e. The van der Waals surface area contributed by atoms with Crippen LogP contribution in [0.5, 0.6) is 0 Å². The number of carbonyl (C=O) groups is 1. The van der Waals surface area contributed by atoms with Gasteiger partial charge >= 0.3 is 0 Å². The highest BCUT2D eigenvalue weighted by Crippen LogP contribution is 2.17. The predicted octanol–water partition coefficient (Wildman–Crippen LogP) is 2.37. The van der Waals surface area contributed by atoms with Crippen molar-refractivity contribution < 1.29 is 4.79 Å². The molecule has 1 unspecified atom stereocenters. The van der Waals surface area contributed by atoms with E-state index >= 15 is 0 Å².